The smallest absolute Gasteiger partial charge is 0.196 e. The highest BCUT2D eigenvalue weighted by atomic mass is 16.3. The number of rotatable bonds is 3. The highest BCUT2D eigenvalue weighted by Crippen LogP contribution is 2.31. The molecule has 1 unspecified atom stereocenters. The van der Waals surface area contributed by atoms with E-state index in [0.717, 1.165) is 33.3 Å². The number of furan rings is 1. The van der Waals surface area contributed by atoms with Crippen molar-refractivity contribution in [2.24, 2.45) is 0 Å². The number of hydrogen-bond donors (Lipinski definition) is 2. The average Bonchev–Trinajstić information content (AvgIpc) is 3.24. The summed E-state index contributed by atoms with van der Waals surface area (Å²) in [5.74, 6) is 1.51. The van der Waals surface area contributed by atoms with Crippen LogP contribution in [0.3, 0.4) is 0 Å². The molecule has 2 N–H and O–H groups in total. The number of hydrogen-bond acceptors (Lipinski definition) is 5. The molecule has 3 heterocycles. The SMILES string of the molecule is CC(Nc1ncnc2c1oc1ccccc12)c1nc2ccccc2[nH]1. The van der Waals surface area contributed by atoms with Crippen LogP contribution in [0.1, 0.15) is 18.8 Å². The van der Waals surface area contributed by atoms with Crippen LogP contribution in [0, 0.1) is 0 Å². The molecular weight excluding hydrogens is 314 g/mol. The number of anilines is 1. The van der Waals surface area contributed by atoms with Crippen molar-refractivity contribution in [1.82, 2.24) is 19.9 Å². The van der Waals surface area contributed by atoms with Crippen LogP contribution in [-0.2, 0) is 0 Å². The van der Waals surface area contributed by atoms with Crippen molar-refractivity contribution in [1.29, 1.82) is 0 Å². The van der Waals surface area contributed by atoms with Crippen molar-refractivity contribution in [3.8, 4) is 0 Å². The predicted molar refractivity (Wildman–Crippen MR) is 97.4 cm³/mol. The summed E-state index contributed by atoms with van der Waals surface area (Å²) in [4.78, 5) is 16.7. The van der Waals surface area contributed by atoms with Gasteiger partial charge in [-0.3, -0.25) is 0 Å². The van der Waals surface area contributed by atoms with E-state index < -0.39 is 0 Å². The van der Waals surface area contributed by atoms with Gasteiger partial charge >= 0.3 is 0 Å². The Balaban J connectivity index is 1.56. The first-order valence-electron chi connectivity index (χ1n) is 8.13. The lowest BCUT2D eigenvalue weighted by atomic mass is 10.2. The molecular formula is C19H15N5O. The molecule has 0 saturated heterocycles. The fraction of sp³-hybridized carbons (Fsp3) is 0.105. The van der Waals surface area contributed by atoms with E-state index >= 15 is 0 Å². The lowest BCUT2D eigenvalue weighted by Crippen LogP contribution is -2.09. The number of nitrogens with zero attached hydrogens (tertiary/aromatic N) is 3. The normalized spacial score (nSPS) is 12.8. The van der Waals surface area contributed by atoms with Crippen LogP contribution in [0.5, 0.6) is 0 Å². The second kappa shape index (κ2) is 5.31. The van der Waals surface area contributed by atoms with Crippen LogP contribution in [0.2, 0.25) is 0 Å². The molecule has 1 atom stereocenters. The van der Waals surface area contributed by atoms with Crippen molar-refractivity contribution in [2.45, 2.75) is 13.0 Å². The van der Waals surface area contributed by atoms with Crippen LogP contribution in [0.25, 0.3) is 33.1 Å². The van der Waals surface area contributed by atoms with Gasteiger partial charge in [0, 0.05) is 5.39 Å². The molecule has 0 spiro atoms. The van der Waals surface area contributed by atoms with Crippen LogP contribution in [0.4, 0.5) is 5.82 Å². The summed E-state index contributed by atoms with van der Waals surface area (Å²) < 4.78 is 5.96. The van der Waals surface area contributed by atoms with Gasteiger partial charge in [0.15, 0.2) is 11.4 Å². The predicted octanol–water partition coefficient (Wildman–Crippen LogP) is 4.43. The lowest BCUT2D eigenvalue weighted by molar-refractivity contribution is 0.664. The number of aromatic amines is 1. The fourth-order valence-electron chi connectivity index (χ4n) is 3.08. The number of benzene rings is 2. The van der Waals surface area contributed by atoms with Gasteiger partial charge in [-0.05, 0) is 31.2 Å². The van der Waals surface area contributed by atoms with Crippen LogP contribution >= 0.6 is 0 Å². The highest BCUT2D eigenvalue weighted by Gasteiger charge is 2.16. The van der Waals surface area contributed by atoms with E-state index in [9.17, 15) is 0 Å². The van der Waals surface area contributed by atoms with Crippen molar-refractivity contribution in [3.05, 3.63) is 60.7 Å². The van der Waals surface area contributed by atoms with Crippen molar-refractivity contribution < 1.29 is 4.42 Å². The largest absolute Gasteiger partial charge is 0.450 e. The van der Waals surface area contributed by atoms with E-state index in [4.69, 9.17) is 4.42 Å². The molecule has 6 heteroatoms. The van der Waals surface area contributed by atoms with Crippen LogP contribution in [0.15, 0.2) is 59.3 Å². The van der Waals surface area contributed by atoms with Crippen molar-refractivity contribution in [2.75, 3.05) is 5.32 Å². The third kappa shape index (κ3) is 2.22. The Bertz CT molecular complexity index is 1170. The van der Waals surface area contributed by atoms with Crippen molar-refractivity contribution >= 4 is 38.9 Å². The number of aromatic nitrogens is 4. The van der Waals surface area contributed by atoms with Crippen LogP contribution in [-0.4, -0.2) is 19.9 Å². The molecule has 0 aliphatic carbocycles. The minimum atomic E-state index is -0.0567. The van der Waals surface area contributed by atoms with Gasteiger partial charge in [0.1, 0.15) is 23.3 Å². The molecule has 0 aliphatic rings. The zero-order chi connectivity index (χ0) is 16.8. The molecule has 0 bridgehead atoms. The van der Waals surface area contributed by atoms with Gasteiger partial charge in [0.25, 0.3) is 0 Å². The quantitative estimate of drug-likeness (QED) is 0.512. The molecule has 3 aromatic heterocycles. The number of nitrogens with one attached hydrogen (secondary N) is 2. The molecule has 122 valence electrons. The first kappa shape index (κ1) is 14.0. The van der Waals surface area contributed by atoms with E-state index in [0.29, 0.717) is 11.4 Å². The maximum Gasteiger partial charge on any atom is 0.196 e. The number of imidazole rings is 1. The first-order valence-corrected chi connectivity index (χ1v) is 8.13. The molecule has 5 rings (SSSR count). The standard InChI is InChI=1S/C19H15N5O/c1-11(18-23-13-7-3-4-8-14(13)24-18)22-19-17-16(20-10-21-19)12-6-2-5-9-15(12)25-17/h2-11H,1H3,(H,23,24)(H,20,21,22). The summed E-state index contributed by atoms with van der Waals surface area (Å²) in [5, 5.41) is 4.37. The zero-order valence-corrected chi connectivity index (χ0v) is 13.5. The van der Waals surface area contributed by atoms with Gasteiger partial charge in [-0.1, -0.05) is 24.3 Å². The topological polar surface area (TPSA) is 79.6 Å². The number of H-pyrrole nitrogens is 1. The van der Waals surface area contributed by atoms with Gasteiger partial charge in [0.2, 0.25) is 0 Å². The Morgan fingerprint density at radius 1 is 1.04 bits per heavy atom. The summed E-state index contributed by atoms with van der Waals surface area (Å²) in [5.41, 5.74) is 4.24. The second-order valence-corrected chi connectivity index (χ2v) is 6.00. The molecule has 2 aromatic carbocycles. The lowest BCUT2D eigenvalue weighted by Gasteiger charge is -2.11. The van der Waals surface area contributed by atoms with Crippen LogP contribution < -0.4 is 5.32 Å². The Hall–Kier alpha value is -3.41. The summed E-state index contributed by atoms with van der Waals surface area (Å²) in [6.07, 6.45) is 1.55. The van der Waals surface area contributed by atoms with Gasteiger partial charge in [-0.25, -0.2) is 15.0 Å². The van der Waals surface area contributed by atoms with E-state index in [1.807, 2.05) is 55.5 Å². The first-order chi connectivity index (χ1) is 12.3. The summed E-state index contributed by atoms with van der Waals surface area (Å²) in [6.45, 7) is 2.04. The molecule has 0 aliphatic heterocycles. The summed E-state index contributed by atoms with van der Waals surface area (Å²) >= 11 is 0. The maximum absolute atomic E-state index is 5.96. The van der Waals surface area contributed by atoms with Gasteiger partial charge in [-0.15, -0.1) is 0 Å². The summed E-state index contributed by atoms with van der Waals surface area (Å²) in [7, 11) is 0. The Morgan fingerprint density at radius 2 is 1.88 bits per heavy atom. The molecule has 0 amide bonds. The molecule has 0 saturated carbocycles. The minimum absolute atomic E-state index is 0.0567. The Labute approximate surface area is 142 Å². The average molecular weight is 329 g/mol. The summed E-state index contributed by atoms with van der Waals surface area (Å²) in [6, 6.07) is 15.8. The van der Waals surface area contributed by atoms with E-state index in [1.54, 1.807) is 6.33 Å². The number of fused-ring (bicyclic) bond motifs is 4. The number of para-hydroxylation sites is 3. The monoisotopic (exact) mass is 329 g/mol. The fourth-order valence-corrected chi connectivity index (χ4v) is 3.08. The van der Waals surface area contributed by atoms with E-state index in [1.165, 1.54) is 0 Å². The van der Waals surface area contributed by atoms with E-state index in [-0.39, 0.29) is 6.04 Å². The highest BCUT2D eigenvalue weighted by molar-refractivity contribution is 6.05. The van der Waals surface area contributed by atoms with Gasteiger partial charge in [0.05, 0.1) is 17.1 Å². The van der Waals surface area contributed by atoms with E-state index in [2.05, 4.69) is 25.3 Å². The maximum atomic E-state index is 5.96. The second-order valence-electron chi connectivity index (χ2n) is 6.00. The molecule has 5 aromatic rings. The Morgan fingerprint density at radius 3 is 2.80 bits per heavy atom. The third-order valence-corrected chi connectivity index (χ3v) is 4.33. The zero-order valence-electron chi connectivity index (χ0n) is 13.5. The molecule has 25 heavy (non-hydrogen) atoms. The molecule has 6 nitrogen and oxygen atoms in total. The molecule has 0 radical (unpaired) electrons. The van der Waals surface area contributed by atoms with Gasteiger partial charge in [-0.2, -0.15) is 0 Å². The van der Waals surface area contributed by atoms with Crippen molar-refractivity contribution in [3.63, 3.8) is 0 Å². The third-order valence-electron chi connectivity index (χ3n) is 4.33. The minimum Gasteiger partial charge on any atom is -0.450 e. The van der Waals surface area contributed by atoms with Gasteiger partial charge < -0.3 is 14.7 Å². The molecule has 0 fully saturated rings. The Kier molecular flexibility index (Phi) is 2.97.